The molecule has 2 N–H and O–H groups in total. The van der Waals surface area contributed by atoms with Gasteiger partial charge in [0.15, 0.2) is 0 Å². The fourth-order valence-corrected chi connectivity index (χ4v) is 3.79. The molecule has 0 aliphatic rings. The molecule has 3 heteroatoms. The summed E-state index contributed by atoms with van der Waals surface area (Å²) in [6.07, 6.45) is 1.05. The van der Waals surface area contributed by atoms with Gasteiger partial charge < -0.3 is 10.6 Å². The highest BCUT2D eigenvalue weighted by atomic mass is 32.1. The molecule has 1 aromatic heterocycles. The minimum atomic E-state index is 0.216. The quantitative estimate of drug-likeness (QED) is 0.857. The molecule has 1 heterocycles. The topological polar surface area (TPSA) is 29.3 Å². The van der Waals surface area contributed by atoms with Crippen molar-refractivity contribution in [1.29, 1.82) is 0 Å². The van der Waals surface area contributed by atoms with Gasteiger partial charge in [-0.2, -0.15) is 0 Å². The van der Waals surface area contributed by atoms with E-state index in [1.54, 1.807) is 0 Å². The molecule has 1 rings (SSSR count). The smallest absolute Gasteiger partial charge is 0.0489 e. The Bertz CT molecular complexity index is 328. The lowest BCUT2D eigenvalue weighted by Gasteiger charge is -2.38. The maximum Gasteiger partial charge on any atom is 0.0489 e. The van der Waals surface area contributed by atoms with Crippen molar-refractivity contribution in [3.8, 4) is 0 Å². The number of hydrogen-bond donors (Lipinski definition) is 1. The van der Waals surface area contributed by atoms with E-state index in [0.29, 0.717) is 6.04 Å². The van der Waals surface area contributed by atoms with E-state index in [9.17, 15) is 0 Å². The first-order chi connectivity index (χ1) is 7.40. The molecule has 1 unspecified atom stereocenters. The summed E-state index contributed by atoms with van der Waals surface area (Å²) in [6, 6.07) is 2.66. The van der Waals surface area contributed by atoms with Gasteiger partial charge in [0.2, 0.25) is 0 Å². The number of hydrogen-bond acceptors (Lipinski definition) is 3. The molecule has 16 heavy (non-hydrogen) atoms. The predicted octanol–water partition coefficient (Wildman–Crippen LogP) is 3.03. The Balaban J connectivity index is 3.05. The van der Waals surface area contributed by atoms with Gasteiger partial charge in [0.1, 0.15) is 0 Å². The van der Waals surface area contributed by atoms with Crippen LogP contribution in [-0.4, -0.2) is 25.5 Å². The first kappa shape index (κ1) is 13.7. The molecule has 2 nitrogen and oxygen atoms in total. The largest absolute Gasteiger partial charge is 0.330 e. The second kappa shape index (κ2) is 5.30. The third kappa shape index (κ3) is 2.84. The summed E-state index contributed by atoms with van der Waals surface area (Å²) < 4.78 is 0. The molecule has 0 spiro atoms. The molecule has 0 saturated heterocycles. The van der Waals surface area contributed by atoms with E-state index in [-0.39, 0.29) is 5.41 Å². The first-order valence-electron chi connectivity index (χ1n) is 5.80. The van der Waals surface area contributed by atoms with Crippen LogP contribution in [0.3, 0.4) is 0 Å². The summed E-state index contributed by atoms with van der Waals surface area (Å²) in [4.78, 5) is 3.79. The van der Waals surface area contributed by atoms with E-state index >= 15 is 0 Å². The normalized spacial score (nSPS) is 14.4. The Hall–Kier alpha value is -0.380. The highest BCUT2D eigenvalue weighted by molar-refractivity contribution is 7.10. The Kier molecular flexibility index (Phi) is 4.53. The number of rotatable bonds is 5. The zero-order valence-corrected chi connectivity index (χ0v) is 11.9. The van der Waals surface area contributed by atoms with Crippen molar-refractivity contribution in [2.24, 2.45) is 11.1 Å². The molecule has 0 fully saturated rings. The molecule has 0 bridgehead atoms. The van der Waals surface area contributed by atoms with Crippen LogP contribution in [0.1, 0.15) is 36.8 Å². The van der Waals surface area contributed by atoms with Crippen LogP contribution in [0.4, 0.5) is 0 Å². The van der Waals surface area contributed by atoms with E-state index in [1.165, 1.54) is 10.4 Å². The van der Waals surface area contributed by atoms with E-state index in [4.69, 9.17) is 5.73 Å². The number of thiophene rings is 1. The van der Waals surface area contributed by atoms with Gasteiger partial charge in [-0.3, -0.25) is 0 Å². The van der Waals surface area contributed by atoms with Crippen molar-refractivity contribution in [2.75, 3.05) is 20.6 Å². The van der Waals surface area contributed by atoms with E-state index in [0.717, 1.165) is 13.0 Å². The third-order valence-electron chi connectivity index (χ3n) is 3.20. The maximum absolute atomic E-state index is 5.73. The first-order valence-corrected chi connectivity index (χ1v) is 6.68. The van der Waals surface area contributed by atoms with Crippen molar-refractivity contribution >= 4 is 11.3 Å². The molecular weight excluding hydrogens is 216 g/mol. The average molecular weight is 240 g/mol. The Morgan fingerprint density at radius 3 is 2.44 bits per heavy atom. The van der Waals surface area contributed by atoms with Crippen molar-refractivity contribution in [2.45, 2.75) is 33.2 Å². The van der Waals surface area contributed by atoms with Crippen molar-refractivity contribution < 1.29 is 0 Å². The second-order valence-electron chi connectivity index (χ2n) is 5.36. The van der Waals surface area contributed by atoms with Crippen molar-refractivity contribution in [3.63, 3.8) is 0 Å². The van der Waals surface area contributed by atoms with Gasteiger partial charge in [0.05, 0.1) is 0 Å². The zero-order valence-electron chi connectivity index (χ0n) is 11.1. The molecule has 0 saturated carbocycles. The summed E-state index contributed by atoms with van der Waals surface area (Å²) in [6.45, 7) is 7.57. The molecule has 0 aliphatic carbocycles. The van der Waals surface area contributed by atoms with Crippen LogP contribution < -0.4 is 5.73 Å². The number of nitrogens with zero attached hydrogens (tertiary/aromatic N) is 1. The molecule has 0 amide bonds. The molecule has 1 atom stereocenters. The monoisotopic (exact) mass is 240 g/mol. The van der Waals surface area contributed by atoms with Crippen LogP contribution in [0.25, 0.3) is 0 Å². The summed E-state index contributed by atoms with van der Waals surface area (Å²) in [5.41, 5.74) is 7.34. The van der Waals surface area contributed by atoms with Gasteiger partial charge in [-0.15, -0.1) is 11.3 Å². The summed E-state index contributed by atoms with van der Waals surface area (Å²) >= 11 is 1.86. The lowest BCUT2D eigenvalue weighted by Crippen LogP contribution is -2.35. The standard InChI is InChI=1S/C13H24N2S/c1-10-6-9-16-11(10)12(15(4)5)13(2,3)7-8-14/h6,9,12H,7-8,14H2,1-5H3. The van der Waals surface area contributed by atoms with Crippen LogP contribution in [-0.2, 0) is 0 Å². The van der Waals surface area contributed by atoms with Gasteiger partial charge in [0.25, 0.3) is 0 Å². The molecule has 0 radical (unpaired) electrons. The highest BCUT2D eigenvalue weighted by Crippen LogP contribution is 2.42. The summed E-state index contributed by atoms with van der Waals surface area (Å²) in [5, 5.41) is 2.18. The fraction of sp³-hybridized carbons (Fsp3) is 0.692. The van der Waals surface area contributed by atoms with Crippen LogP contribution in [0.2, 0.25) is 0 Å². The minimum absolute atomic E-state index is 0.216. The molecule has 0 aromatic carbocycles. The lowest BCUT2D eigenvalue weighted by atomic mass is 9.79. The number of aryl methyl sites for hydroxylation is 1. The van der Waals surface area contributed by atoms with Gasteiger partial charge in [-0.1, -0.05) is 13.8 Å². The van der Waals surface area contributed by atoms with Crippen molar-refractivity contribution in [1.82, 2.24) is 4.90 Å². The third-order valence-corrected chi connectivity index (χ3v) is 4.27. The van der Waals surface area contributed by atoms with Gasteiger partial charge in [-0.25, -0.2) is 0 Å². The van der Waals surface area contributed by atoms with Crippen LogP contribution in [0, 0.1) is 12.3 Å². The Morgan fingerprint density at radius 1 is 1.44 bits per heavy atom. The minimum Gasteiger partial charge on any atom is -0.330 e. The van der Waals surface area contributed by atoms with Crippen LogP contribution >= 0.6 is 11.3 Å². The van der Waals surface area contributed by atoms with Crippen molar-refractivity contribution in [3.05, 3.63) is 21.9 Å². The van der Waals surface area contributed by atoms with E-state index in [2.05, 4.69) is 51.2 Å². The Labute approximate surface area is 103 Å². The number of nitrogens with two attached hydrogens (primary N) is 1. The second-order valence-corrected chi connectivity index (χ2v) is 6.31. The highest BCUT2D eigenvalue weighted by Gasteiger charge is 2.33. The summed E-state index contributed by atoms with van der Waals surface area (Å²) in [5.74, 6) is 0. The van der Waals surface area contributed by atoms with Gasteiger partial charge in [-0.05, 0) is 56.4 Å². The molecule has 1 aromatic rings. The van der Waals surface area contributed by atoms with Crippen LogP contribution in [0.15, 0.2) is 11.4 Å². The van der Waals surface area contributed by atoms with Gasteiger partial charge in [0, 0.05) is 10.9 Å². The SMILES string of the molecule is Cc1ccsc1C(N(C)C)C(C)(C)CCN. The predicted molar refractivity (Wildman–Crippen MR) is 72.9 cm³/mol. The van der Waals surface area contributed by atoms with E-state index < -0.39 is 0 Å². The van der Waals surface area contributed by atoms with Gasteiger partial charge >= 0.3 is 0 Å². The van der Waals surface area contributed by atoms with Crippen LogP contribution in [0.5, 0.6) is 0 Å². The molecule has 92 valence electrons. The zero-order chi connectivity index (χ0) is 12.3. The summed E-state index contributed by atoms with van der Waals surface area (Å²) in [7, 11) is 4.31. The molecule has 0 aliphatic heterocycles. The maximum atomic E-state index is 5.73. The lowest BCUT2D eigenvalue weighted by molar-refractivity contribution is 0.131. The Morgan fingerprint density at radius 2 is 2.06 bits per heavy atom. The fourth-order valence-electron chi connectivity index (χ4n) is 2.46. The van der Waals surface area contributed by atoms with E-state index in [1.807, 2.05) is 11.3 Å². The average Bonchev–Trinajstić information content (AvgIpc) is 2.51. The molecular formula is C13H24N2S.